The van der Waals surface area contributed by atoms with E-state index in [1.165, 1.54) is 0 Å². The van der Waals surface area contributed by atoms with E-state index in [-0.39, 0.29) is 48.3 Å². The predicted molar refractivity (Wildman–Crippen MR) is 110 cm³/mol. The summed E-state index contributed by atoms with van der Waals surface area (Å²) in [6.07, 6.45) is -5.47. The Bertz CT molecular complexity index is 1120. The molecular weight excluding hydrogens is 482 g/mol. The number of fused-ring (bicyclic) bond motifs is 1. The number of halogens is 6. The maximum Gasteiger partial charge on any atom is 0.422 e. The molecule has 1 aliphatic heterocycles. The summed E-state index contributed by atoms with van der Waals surface area (Å²) in [6, 6.07) is -0.700. The lowest BCUT2D eigenvalue weighted by Gasteiger charge is -2.32. The number of piperidine rings is 1. The fraction of sp³-hybridized carbons (Fsp3) is 0.571. The Kier molecular flexibility index (Phi) is 6.73. The van der Waals surface area contributed by atoms with E-state index in [1.54, 1.807) is 4.90 Å². The number of carbonyl (C=O) groups is 1. The lowest BCUT2D eigenvalue weighted by Crippen LogP contribution is -2.35. The molecule has 2 aliphatic rings. The minimum absolute atomic E-state index is 0.00345. The zero-order valence-corrected chi connectivity index (χ0v) is 18.3. The van der Waals surface area contributed by atoms with Crippen molar-refractivity contribution in [3.63, 3.8) is 0 Å². The molecule has 1 fully saturated rings. The average molecular weight is 504 g/mol. The Morgan fingerprint density at radius 2 is 1.71 bits per heavy atom. The van der Waals surface area contributed by atoms with Gasteiger partial charge in [0.15, 0.2) is 0 Å². The zero-order valence-electron chi connectivity index (χ0n) is 18.3. The largest absolute Gasteiger partial charge is 0.422 e. The third kappa shape index (κ3) is 5.56. The summed E-state index contributed by atoms with van der Waals surface area (Å²) in [4.78, 5) is 33.5. The molecule has 1 atom stereocenters. The maximum atomic E-state index is 13.2. The highest BCUT2D eigenvalue weighted by atomic mass is 19.4. The number of nitrogens with zero attached hydrogens (tertiary/aromatic N) is 4. The second-order valence-electron chi connectivity index (χ2n) is 8.69. The number of H-pyrrole nitrogens is 1. The van der Waals surface area contributed by atoms with E-state index in [0.717, 1.165) is 12.4 Å². The van der Waals surface area contributed by atoms with Crippen LogP contribution in [0.3, 0.4) is 0 Å². The maximum absolute atomic E-state index is 13.2. The monoisotopic (exact) mass is 504 g/mol. The topological polar surface area (TPSA) is 104 Å². The van der Waals surface area contributed by atoms with Crippen molar-refractivity contribution in [2.24, 2.45) is 5.92 Å². The summed E-state index contributed by atoms with van der Waals surface area (Å²) in [5.74, 6) is 0.101. The first-order valence-electron chi connectivity index (χ1n) is 11.1. The van der Waals surface area contributed by atoms with Crippen LogP contribution in [-0.2, 0) is 23.6 Å². The van der Waals surface area contributed by atoms with Gasteiger partial charge in [-0.2, -0.15) is 31.4 Å². The molecule has 2 N–H and O–H groups in total. The second kappa shape index (κ2) is 9.46. The Labute approximate surface area is 195 Å². The fourth-order valence-electron chi connectivity index (χ4n) is 4.56. The van der Waals surface area contributed by atoms with Gasteiger partial charge in [-0.25, -0.2) is 15.1 Å². The van der Waals surface area contributed by atoms with Crippen LogP contribution in [0.15, 0.2) is 17.2 Å². The lowest BCUT2D eigenvalue weighted by molar-refractivity contribution is -0.139. The van der Waals surface area contributed by atoms with Crippen LogP contribution in [0.1, 0.15) is 60.5 Å². The molecule has 0 radical (unpaired) electrons. The molecule has 2 aromatic rings. The van der Waals surface area contributed by atoms with E-state index in [1.807, 2.05) is 5.10 Å². The van der Waals surface area contributed by atoms with Gasteiger partial charge in [-0.15, -0.1) is 0 Å². The molecular formula is C21H22F6N6O2. The van der Waals surface area contributed by atoms with Gasteiger partial charge in [0.1, 0.15) is 5.56 Å². The Morgan fingerprint density at radius 3 is 2.31 bits per heavy atom. The smallest absolute Gasteiger partial charge is 0.348 e. The van der Waals surface area contributed by atoms with Gasteiger partial charge in [-0.3, -0.25) is 9.59 Å². The first-order chi connectivity index (χ1) is 16.4. The van der Waals surface area contributed by atoms with Crippen molar-refractivity contribution < 1.29 is 31.1 Å². The van der Waals surface area contributed by atoms with Gasteiger partial charge in [0.2, 0.25) is 11.9 Å². The van der Waals surface area contributed by atoms with Crippen molar-refractivity contribution in [2.75, 3.05) is 18.0 Å². The van der Waals surface area contributed by atoms with Crippen molar-refractivity contribution in [1.82, 2.24) is 25.5 Å². The number of rotatable bonds is 5. The molecule has 0 saturated carbocycles. The lowest BCUT2D eigenvalue weighted by atomic mass is 9.92. The van der Waals surface area contributed by atoms with Gasteiger partial charge in [0.25, 0.3) is 5.56 Å². The van der Waals surface area contributed by atoms with Crippen molar-refractivity contribution in [2.45, 2.75) is 56.9 Å². The zero-order chi connectivity index (χ0) is 25.4. The van der Waals surface area contributed by atoms with Gasteiger partial charge in [-0.1, -0.05) is 0 Å². The van der Waals surface area contributed by atoms with E-state index >= 15 is 0 Å². The number of nitrogens with one attached hydrogen (secondary N) is 2. The minimum atomic E-state index is -4.81. The molecule has 35 heavy (non-hydrogen) atoms. The molecule has 14 heteroatoms. The number of anilines is 1. The third-order valence-corrected chi connectivity index (χ3v) is 6.39. The molecule has 190 valence electrons. The molecule has 3 heterocycles. The predicted octanol–water partition coefficient (Wildman–Crippen LogP) is 3.40. The van der Waals surface area contributed by atoms with Crippen molar-refractivity contribution in [3.8, 4) is 0 Å². The highest BCUT2D eigenvalue weighted by Gasteiger charge is 2.41. The van der Waals surface area contributed by atoms with Gasteiger partial charge in [-0.05, 0) is 43.6 Å². The number of amides is 1. The van der Waals surface area contributed by atoms with E-state index in [0.29, 0.717) is 32.4 Å². The second-order valence-corrected chi connectivity index (χ2v) is 8.69. The van der Waals surface area contributed by atoms with Gasteiger partial charge in [0, 0.05) is 31.9 Å². The Balaban J connectivity index is 1.27. The summed E-state index contributed by atoms with van der Waals surface area (Å²) in [5, 5.41) is 8.33. The first kappa shape index (κ1) is 24.9. The molecule has 1 amide bonds. The van der Waals surface area contributed by atoms with Gasteiger partial charge in [0.05, 0.1) is 17.3 Å². The fourth-order valence-corrected chi connectivity index (χ4v) is 4.56. The van der Waals surface area contributed by atoms with Gasteiger partial charge >= 0.3 is 12.4 Å². The number of hydrogen-bond donors (Lipinski definition) is 2. The van der Waals surface area contributed by atoms with E-state index in [9.17, 15) is 35.9 Å². The first-order valence-corrected chi connectivity index (χ1v) is 11.1. The number of alkyl halides is 6. The van der Waals surface area contributed by atoms with E-state index in [4.69, 9.17) is 0 Å². The number of aromatic amines is 1. The molecule has 2 aromatic heterocycles. The summed E-state index contributed by atoms with van der Waals surface area (Å²) in [6.45, 7) is 1.07. The quantitative estimate of drug-likeness (QED) is 0.605. The highest BCUT2D eigenvalue weighted by Crippen LogP contribution is 2.37. The highest BCUT2D eigenvalue weighted by molar-refractivity contribution is 5.76. The van der Waals surface area contributed by atoms with Crippen LogP contribution in [0.2, 0.25) is 0 Å². The SMILES string of the molecule is O=C(CCC1CCN(c2ncc(C(F)(F)F)cn2)CC1)N[C@@H]1CCc2c1n[nH]c(=O)c2C(F)(F)F. The average Bonchev–Trinajstić information content (AvgIpc) is 3.18. The summed E-state index contributed by atoms with van der Waals surface area (Å²) in [7, 11) is 0. The van der Waals surface area contributed by atoms with Crippen molar-refractivity contribution >= 4 is 11.9 Å². The molecule has 0 bridgehead atoms. The van der Waals surface area contributed by atoms with Crippen molar-refractivity contribution in [3.05, 3.63) is 45.1 Å². The Morgan fingerprint density at radius 1 is 1.06 bits per heavy atom. The van der Waals surface area contributed by atoms with Crippen LogP contribution in [0.25, 0.3) is 0 Å². The summed E-state index contributed by atoms with van der Waals surface area (Å²) in [5.41, 5.74) is -3.61. The molecule has 0 spiro atoms. The van der Waals surface area contributed by atoms with Crippen LogP contribution >= 0.6 is 0 Å². The van der Waals surface area contributed by atoms with E-state index in [2.05, 4.69) is 20.4 Å². The van der Waals surface area contributed by atoms with Crippen LogP contribution in [0, 0.1) is 5.92 Å². The number of hydrogen-bond acceptors (Lipinski definition) is 6. The third-order valence-electron chi connectivity index (χ3n) is 6.39. The van der Waals surface area contributed by atoms with Crippen molar-refractivity contribution in [1.29, 1.82) is 0 Å². The molecule has 0 aromatic carbocycles. The van der Waals surface area contributed by atoms with Gasteiger partial charge < -0.3 is 10.2 Å². The molecule has 4 rings (SSSR count). The summed E-state index contributed by atoms with van der Waals surface area (Å²) >= 11 is 0. The normalized spacial score (nSPS) is 19.0. The van der Waals surface area contributed by atoms with Crippen LogP contribution in [-0.4, -0.2) is 39.2 Å². The molecule has 0 unspecified atom stereocenters. The summed E-state index contributed by atoms with van der Waals surface area (Å²) < 4.78 is 77.7. The minimum Gasteiger partial charge on any atom is -0.348 e. The molecule has 8 nitrogen and oxygen atoms in total. The van der Waals surface area contributed by atoms with Crippen LogP contribution in [0.5, 0.6) is 0 Å². The molecule has 1 saturated heterocycles. The standard InChI is InChI=1S/C21H22F6N6O2/c22-20(23,24)12-9-28-19(29-10-12)33-7-5-11(6-8-33)1-4-15(34)30-14-3-2-13-16(21(25,26)27)18(35)32-31-17(13)14/h9-11,14H,1-8H2,(H,30,34)(H,32,35)/t14-/m1/s1. The van der Waals surface area contributed by atoms with E-state index < -0.39 is 35.1 Å². The molecule has 1 aliphatic carbocycles. The van der Waals surface area contributed by atoms with Crippen LogP contribution < -0.4 is 15.8 Å². The number of carbonyl (C=O) groups excluding carboxylic acids is 1. The number of aromatic nitrogens is 4. The Hall–Kier alpha value is -3.19. The van der Waals surface area contributed by atoms with Crippen LogP contribution in [0.4, 0.5) is 32.3 Å².